The van der Waals surface area contributed by atoms with Crippen molar-refractivity contribution in [3.63, 3.8) is 0 Å². The summed E-state index contributed by atoms with van der Waals surface area (Å²) in [6.45, 7) is 1.46. The average molecular weight is 307 g/mol. The number of hydrogen-bond donors (Lipinski definition) is 0. The smallest absolute Gasteiger partial charge is 0.253 e. The maximum atomic E-state index is 12.6. The average Bonchev–Trinajstić information content (AvgIpc) is 3.06. The van der Waals surface area contributed by atoms with Gasteiger partial charge in [-0.25, -0.2) is 0 Å². The molecule has 4 heterocycles. The number of hydrogen-bond acceptors (Lipinski definition) is 4. The second kappa shape index (κ2) is 5.79. The summed E-state index contributed by atoms with van der Waals surface area (Å²) in [5.74, 6) is 1.21. The zero-order chi connectivity index (χ0) is 15.6. The van der Waals surface area contributed by atoms with E-state index >= 15 is 0 Å². The summed E-state index contributed by atoms with van der Waals surface area (Å²) in [5.41, 5.74) is 1.53. The summed E-state index contributed by atoms with van der Waals surface area (Å²) in [6, 6.07) is 9.40. The van der Waals surface area contributed by atoms with Crippen molar-refractivity contribution in [2.24, 2.45) is 0 Å². The number of piperidine rings is 1. The van der Waals surface area contributed by atoms with Crippen LogP contribution in [0.3, 0.4) is 0 Å². The van der Waals surface area contributed by atoms with Crippen molar-refractivity contribution in [3.8, 4) is 0 Å². The predicted octanol–water partition coefficient (Wildman–Crippen LogP) is 2.14. The standard InChI is InChI=1S/C17H17N5O/c23-17(13-6-8-18-9-7-13)21-10-3-4-14(12-21)16-20-19-15-5-1-2-11-22(15)16/h1-2,5-9,11,14H,3-4,10,12H2. The molecule has 4 rings (SSSR count). The van der Waals surface area contributed by atoms with Gasteiger partial charge in [0.1, 0.15) is 5.82 Å². The highest BCUT2D eigenvalue weighted by molar-refractivity contribution is 5.94. The van der Waals surface area contributed by atoms with Crippen LogP contribution < -0.4 is 0 Å². The van der Waals surface area contributed by atoms with Crippen molar-refractivity contribution in [3.05, 3.63) is 60.3 Å². The SMILES string of the molecule is O=C(c1ccncc1)N1CCCC(c2nnc3ccccn23)C1. The van der Waals surface area contributed by atoms with E-state index in [0.29, 0.717) is 12.1 Å². The Balaban J connectivity index is 1.59. The molecule has 0 aromatic carbocycles. The molecule has 116 valence electrons. The van der Waals surface area contributed by atoms with E-state index in [9.17, 15) is 4.79 Å². The lowest BCUT2D eigenvalue weighted by Gasteiger charge is -2.32. The third-order valence-corrected chi connectivity index (χ3v) is 4.34. The fourth-order valence-corrected chi connectivity index (χ4v) is 3.19. The van der Waals surface area contributed by atoms with Crippen LogP contribution in [0.4, 0.5) is 0 Å². The van der Waals surface area contributed by atoms with E-state index < -0.39 is 0 Å². The topological polar surface area (TPSA) is 63.4 Å². The largest absolute Gasteiger partial charge is 0.338 e. The fourth-order valence-electron chi connectivity index (χ4n) is 3.19. The van der Waals surface area contributed by atoms with Gasteiger partial charge in [-0.05, 0) is 37.1 Å². The van der Waals surface area contributed by atoms with E-state index in [1.54, 1.807) is 24.5 Å². The summed E-state index contributed by atoms with van der Waals surface area (Å²) in [4.78, 5) is 18.5. The third-order valence-electron chi connectivity index (χ3n) is 4.34. The van der Waals surface area contributed by atoms with Crippen LogP contribution in [0.1, 0.15) is 34.9 Å². The van der Waals surface area contributed by atoms with Gasteiger partial charge in [0.05, 0.1) is 0 Å². The number of aromatic nitrogens is 4. The molecule has 0 N–H and O–H groups in total. The predicted molar refractivity (Wildman–Crippen MR) is 85.1 cm³/mol. The zero-order valence-corrected chi connectivity index (χ0v) is 12.7. The number of nitrogens with zero attached hydrogens (tertiary/aromatic N) is 5. The second-order valence-corrected chi connectivity index (χ2v) is 5.81. The molecule has 1 fully saturated rings. The minimum Gasteiger partial charge on any atom is -0.338 e. The quantitative estimate of drug-likeness (QED) is 0.727. The minimum absolute atomic E-state index is 0.0610. The van der Waals surface area contributed by atoms with Gasteiger partial charge in [-0.2, -0.15) is 0 Å². The lowest BCUT2D eigenvalue weighted by Crippen LogP contribution is -2.39. The van der Waals surface area contributed by atoms with Crippen LogP contribution in [0.2, 0.25) is 0 Å². The van der Waals surface area contributed by atoms with Gasteiger partial charge < -0.3 is 4.90 Å². The van der Waals surface area contributed by atoms with Gasteiger partial charge in [0, 0.05) is 43.2 Å². The van der Waals surface area contributed by atoms with E-state index in [2.05, 4.69) is 15.2 Å². The van der Waals surface area contributed by atoms with Crippen LogP contribution in [-0.2, 0) is 0 Å². The molecule has 0 spiro atoms. The van der Waals surface area contributed by atoms with Gasteiger partial charge in [-0.15, -0.1) is 10.2 Å². The van der Waals surface area contributed by atoms with Gasteiger partial charge in [-0.3, -0.25) is 14.2 Å². The highest BCUT2D eigenvalue weighted by Crippen LogP contribution is 2.26. The Morgan fingerprint density at radius 3 is 2.87 bits per heavy atom. The van der Waals surface area contributed by atoms with Crippen LogP contribution in [0.25, 0.3) is 5.65 Å². The minimum atomic E-state index is 0.0610. The Labute approximate surface area is 133 Å². The Morgan fingerprint density at radius 1 is 1.13 bits per heavy atom. The molecule has 1 aliphatic heterocycles. The maximum Gasteiger partial charge on any atom is 0.253 e. The highest BCUT2D eigenvalue weighted by atomic mass is 16.2. The summed E-state index contributed by atoms with van der Waals surface area (Å²) >= 11 is 0. The first-order valence-corrected chi connectivity index (χ1v) is 7.82. The van der Waals surface area contributed by atoms with Crippen LogP contribution in [-0.4, -0.2) is 43.5 Å². The normalized spacial score (nSPS) is 18.3. The number of carbonyl (C=O) groups excluding carboxylic acids is 1. The van der Waals surface area contributed by atoms with Crippen LogP contribution in [0.5, 0.6) is 0 Å². The molecule has 0 saturated carbocycles. The van der Waals surface area contributed by atoms with Crippen LogP contribution in [0, 0.1) is 0 Å². The Bertz CT molecular complexity index is 829. The molecular weight excluding hydrogens is 290 g/mol. The fraction of sp³-hybridized carbons (Fsp3) is 0.294. The van der Waals surface area contributed by atoms with Crippen LogP contribution >= 0.6 is 0 Å². The number of fused-ring (bicyclic) bond motifs is 1. The molecule has 0 aliphatic carbocycles. The summed E-state index contributed by atoms with van der Waals surface area (Å²) < 4.78 is 2.02. The molecule has 0 bridgehead atoms. The van der Waals surface area contributed by atoms with Gasteiger partial charge in [0.25, 0.3) is 5.91 Å². The van der Waals surface area contributed by atoms with E-state index in [0.717, 1.165) is 30.9 Å². The Kier molecular flexibility index (Phi) is 3.49. The molecule has 1 aliphatic rings. The first-order chi connectivity index (χ1) is 11.3. The van der Waals surface area contributed by atoms with Crippen molar-refractivity contribution in [2.75, 3.05) is 13.1 Å². The number of pyridine rings is 2. The Morgan fingerprint density at radius 2 is 2.00 bits per heavy atom. The molecule has 3 aromatic heterocycles. The van der Waals surface area contributed by atoms with Crippen LogP contribution in [0.15, 0.2) is 48.9 Å². The molecule has 23 heavy (non-hydrogen) atoms. The second-order valence-electron chi connectivity index (χ2n) is 5.81. The summed E-state index contributed by atoms with van der Waals surface area (Å²) in [6.07, 6.45) is 7.29. The molecule has 1 saturated heterocycles. The van der Waals surface area contributed by atoms with Crippen molar-refractivity contribution in [1.82, 2.24) is 24.5 Å². The van der Waals surface area contributed by atoms with Crippen molar-refractivity contribution >= 4 is 11.6 Å². The van der Waals surface area contributed by atoms with Crippen molar-refractivity contribution in [1.29, 1.82) is 0 Å². The van der Waals surface area contributed by atoms with Gasteiger partial charge in [-0.1, -0.05) is 6.07 Å². The lowest BCUT2D eigenvalue weighted by atomic mass is 9.96. The highest BCUT2D eigenvalue weighted by Gasteiger charge is 2.28. The molecular formula is C17H17N5O. The van der Waals surface area contributed by atoms with E-state index in [4.69, 9.17) is 0 Å². The van der Waals surface area contributed by atoms with E-state index in [1.807, 2.05) is 33.7 Å². The number of carbonyl (C=O) groups is 1. The molecule has 6 heteroatoms. The van der Waals surface area contributed by atoms with Crippen molar-refractivity contribution < 1.29 is 4.79 Å². The molecule has 6 nitrogen and oxygen atoms in total. The van der Waals surface area contributed by atoms with Gasteiger partial charge >= 0.3 is 0 Å². The first kappa shape index (κ1) is 13.9. The molecule has 1 unspecified atom stereocenters. The number of amides is 1. The molecule has 0 radical (unpaired) electrons. The van der Waals surface area contributed by atoms with E-state index in [1.165, 1.54) is 0 Å². The lowest BCUT2D eigenvalue weighted by molar-refractivity contribution is 0.0704. The number of likely N-dealkylation sites (tertiary alicyclic amines) is 1. The Hall–Kier alpha value is -2.76. The molecule has 3 aromatic rings. The summed E-state index contributed by atoms with van der Waals surface area (Å²) in [5, 5.41) is 8.57. The molecule has 1 atom stereocenters. The molecule has 1 amide bonds. The maximum absolute atomic E-state index is 12.6. The summed E-state index contributed by atoms with van der Waals surface area (Å²) in [7, 11) is 0. The monoisotopic (exact) mass is 307 g/mol. The van der Waals surface area contributed by atoms with Crippen molar-refractivity contribution in [2.45, 2.75) is 18.8 Å². The third kappa shape index (κ3) is 2.56. The zero-order valence-electron chi connectivity index (χ0n) is 12.7. The van der Waals surface area contributed by atoms with Gasteiger partial charge in [0.2, 0.25) is 0 Å². The van der Waals surface area contributed by atoms with E-state index in [-0.39, 0.29) is 11.8 Å². The first-order valence-electron chi connectivity index (χ1n) is 7.82. The number of rotatable bonds is 2. The van der Waals surface area contributed by atoms with Gasteiger partial charge in [0.15, 0.2) is 5.65 Å².